The largest absolute Gasteiger partial charge is 0.342 e. The maximum Gasteiger partial charge on any atom is 0.275 e. The average Bonchev–Trinajstić information content (AvgIpc) is 3.09. The molecule has 2 rings (SSSR count). The highest BCUT2D eigenvalue weighted by Crippen LogP contribution is 2.03. The van der Waals surface area contributed by atoms with E-state index in [2.05, 4.69) is 15.3 Å². The number of carbonyl (C=O) groups is 2. The lowest BCUT2D eigenvalue weighted by Gasteiger charge is -2.18. The quantitative estimate of drug-likeness (QED) is 0.709. The first-order chi connectivity index (χ1) is 12.0. The summed E-state index contributed by atoms with van der Waals surface area (Å²) in [5.74, 6) is -0.269. The molecule has 0 unspecified atom stereocenters. The molecule has 0 aliphatic rings. The predicted molar refractivity (Wildman–Crippen MR) is 92.9 cm³/mol. The van der Waals surface area contributed by atoms with Crippen LogP contribution in [-0.2, 0) is 17.8 Å². The lowest BCUT2D eigenvalue weighted by atomic mass is 10.2. The zero-order chi connectivity index (χ0) is 18.2. The summed E-state index contributed by atoms with van der Waals surface area (Å²) < 4.78 is 1.40. The molecule has 0 bridgehead atoms. The second kappa shape index (κ2) is 8.91. The molecule has 0 spiro atoms. The molecule has 25 heavy (non-hydrogen) atoms. The van der Waals surface area contributed by atoms with Gasteiger partial charge in [-0.2, -0.15) is 0 Å². The molecular formula is C17H24N6O2. The minimum Gasteiger partial charge on any atom is -0.342 e. The number of rotatable bonds is 8. The molecule has 2 aromatic heterocycles. The number of hydrogen-bond acceptors (Lipinski definition) is 5. The van der Waals surface area contributed by atoms with Crippen LogP contribution in [-0.4, -0.2) is 68.3 Å². The van der Waals surface area contributed by atoms with E-state index in [0.717, 1.165) is 5.69 Å². The molecule has 0 aliphatic heterocycles. The molecule has 0 aromatic carbocycles. The Morgan fingerprint density at radius 1 is 1.20 bits per heavy atom. The summed E-state index contributed by atoms with van der Waals surface area (Å²) in [6, 6.07) is 5.70. The van der Waals surface area contributed by atoms with Crippen LogP contribution in [0.4, 0.5) is 0 Å². The van der Waals surface area contributed by atoms with Crippen molar-refractivity contribution in [3.63, 3.8) is 0 Å². The molecule has 8 nitrogen and oxygen atoms in total. The topological polar surface area (TPSA) is 84.2 Å². The zero-order valence-corrected chi connectivity index (χ0v) is 14.9. The Balaban J connectivity index is 1.91. The first kappa shape index (κ1) is 18.6. The maximum atomic E-state index is 12.4. The standard InChI is InChI=1S/C17H24N6O2/c1-4-22(5-2)16(24)13-23-12-15(19-20-23)17(25)21(3)11-9-14-8-6-7-10-18-14/h6-8,10,12H,4-5,9,11,13H2,1-3H3. The van der Waals surface area contributed by atoms with Crippen LogP contribution in [0.1, 0.15) is 30.0 Å². The number of pyridine rings is 1. The highest BCUT2D eigenvalue weighted by atomic mass is 16.2. The number of aromatic nitrogens is 4. The van der Waals surface area contributed by atoms with Crippen LogP contribution < -0.4 is 0 Å². The Bertz CT molecular complexity index is 696. The molecule has 0 saturated heterocycles. The van der Waals surface area contributed by atoms with Gasteiger partial charge in [0.15, 0.2) is 5.69 Å². The minimum absolute atomic E-state index is 0.0441. The van der Waals surface area contributed by atoms with Crippen molar-refractivity contribution in [2.45, 2.75) is 26.8 Å². The summed E-state index contributed by atoms with van der Waals surface area (Å²) in [7, 11) is 1.71. The van der Waals surface area contributed by atoms with E-state index in [4.69, 9.17) is 0 Å². The van der Waals surface area contributed by atoms with Gasteiger partial charge in [-0.3, -0.25) is 14.6 Å². The normalized spacial score (nSPS) is 10.5. The first-order valence-corrected chi connectivity index (χ1v) is 8.38. The van der Waals surface area contributed by atoms with Crippen molar-refractivity contribution in [1.29, 1.82) is 0 Å². The van der Waals surface area contributed by atoms with Gasteiger partial charge in [-0.25, -0.2) is 4.68 Å². The fourth-order valence-corrected chi connectivity index (χ4v) is 2.41. The highest BCUT2D eigenvalue weighted by molar-refractivity contribution is 5.91. The van der Waals surface area contributed by atoms with Crippen molar-refractivity contribution < 1.29 is 9.59 Å². The van der Waals surface area contributed by atoms with Crippen molar-refractivity contribution in [3.05, 3.63) is 42.0 Å². The summed E-state index contributed by atoms with van der Waals surface area (Å²) in [4.78, 5) is 32.0. The Labute approximate surface area is 147 Å². The number of carbonyl (C=O) groups excluding carboxylic acids is 2. The second-order valence-electron chi connectivity index (χ2n) is 5.67. The maximum absolute atomic E-state index is 12.4. The van der Waals surface area contributed by atoms with Gasteiger partial charge in [0, 0.05) is 45.0 Å². The molecular weight excluding hydrogens is 320 g/mol. The van der Waals surface area contributed by atoms with Gasteiger partial charge in [-0.1, -0.05) is 11.3 Å². The van der Waals surface area contributed by atoms with Gasteiger partial charge in [-0.05, 0) is 26.0 Å². The van der Waals surface area contributed by atoms with E-state index in [9.17, 15) is 9.59 Å². The Morgan fingerprint density at radius 2 is 1.96 bits per heavy atom. The van der Waals surface area contributed by atoms with Crippen molar-refractivity contribution >= 4 is 11.8 Å². The summed E-state index contributed by atoms with van der Waals surface area (Å²) in [5, 5.41) is 7.78. The molecule has 2 amide bonds. The zero-order valence-electron chi connectivity index (χ0n) is 14.9. The molecule has 8 heteroatoms. The van der Waals surface area contributed by atoms with Crippen molar-refractivity contribution in [2.75, 3.05) is 26.7 Å². The Hall–Kier alpha value is -2.77. The summed E-state index contributed by atoms with van der Waals surface area (Å²) >= 11 is 0. The molecule has 0 fully saturated rings. The lowest BCUT2D eigenvalue weighted by molar-refractivity contribution is -0.131. The molecule has 134 valence electrons. The number of nitrogens with zero attached hydrogens (tertiary/aromatic N) is 6. The monoisotopic (exact) mass is 344 g/mol. The third kappa shape index (κ3) is 5.10. The van der Waals surface area contributed by atoms with Crippen LogP contribution in [0.25, 0.3) is 0 Å². The van der Waals surface area contributed by atoms with Gasteiger partial charge in [0.1, 0.15) is 6.54 Å². The van der Waals surface area contributed by atoms with E-state index < -0.39 is 0 Å². The van der Waals surface area contributed by atoms with Crippen LogP contribution in [0.2, 0.25) is 0 Å². The fourth-order valence-electron chi connectivity index (χ4n) is 2.41. The second-order valence-corrected chi connectivity index (χ2v) is 5.67. The molecule has 0 atom stereocenters. The van der Waals surface area contributed by atoms with Crippen LogP contribution in [0.5, 0.6) is 0 Å². The summed E-state index contributed by atoms with van der Waals surface area (Å²) in [5.41, 5.74) is 1.16. The SMILES string of the molecule is CCN(CC)C(=O)Cn1cc(C(=O)N(C)CCc2ccccn2)nn1. The van der Waals surface area contributed by atoms with Gasteiger partial charge < -0.3 is 9.80 Å². The van der Waals surface area contributed by atoms with Crippen molar-refractivity contribution in [1.82, 2.24) is 29.8 Å². The third-order valence-electron chi connectivity index (χ3n) is 3.95. The van der Waals surface area contributed by atoms with E-state index in [0.29, 0.717) is 26.1 Å². The average molecular weight is 344 g/mol. The van der Waals surface area contributed by atoms with Gasteiger partial charge in [0.05, 0.1) is 6.20 Å². The summed E-state index contributed by atoms with van der Waals surface area (Å²) in [6.45, 7) is 5.75. The van der Waals surface area contributed by atoms with E-state index >= 15 is 0 Å². The molecule has 2 aromatic rings. The highest BCUT2D eigenvalue weighted by Gasteiger charge is 2.17. The number of amides is 2. The van der Waals surface area contributed by atoms with Gasteiger partial charge in [-0.15, -0.1) is 5.10 Å². The fraction of sp³-hybridized carbons (Fsp3) is 0.471. The van der Waals surface area contributed by atoms with Crippen LogP contribution in [0.15, 0.2) is 30.6 Å². The van der Waals surface area contributed by atoms with Crippen LogP contribution >= 0.6 is 0 Å². The Kier molecular flexibility index (Phi) is 6.62. The number of hydrogen-bond donors (Lipinski definition) is 0. The van der Waals surface area contributed by atoms with E-state index in [-0.39, 0.29) is 24.1 Å². The van der Waals surface area contributed by atoms with Gasteiger partial charge >= 0.3 is 0 Å². The minimum atomic E-state index is -0.225. The van der Waals surface area contributed by atoms with Gasteiger partial charge in [0.25, 0.3) is 5.91 Å². The summed E-state index contributed by atoms with van der Waals surface area (Å²) in [6.07, 6.45) is 3.91. The molecule has 0 radical (unpaired) electrons. The van der Waals surface area contributed by atoms with Crippen LogP contribution in [0.3, 0.4) is 0 Å². The lowest BCUT2D eigenvalue weighted by Crippen LogP contribution is -2.33. The van der Waals surface area contributed by atoms with Crippen molar-refractivity contribution in [2.24, 2.45) is 0 Å². The first-order valence-electron chi connectivity index (χ1n) is 8.38. The number of likely N-dealkylation sites (N-methyl/N-ethyl adjacent to an activating group) is 2. The molecule has 0 saturated carbocycles. The predicted octanol–water partition coefficient (Wildman–Crippen LogP) is 0.856. The molecule has 0 aliphatic carbocycles. The van der Waals surface area contributed by atoms with E-state index in [1.165, 1.54) is 10.9 Å². The molecule has 2 heterocycles. The Morgan fingerprint density at radius 3 is 2.60 bits per heavy atom. The molecule has 0 N–H and O–H groups in total. The van der Waals surface area contributed by atoms with E-state index in [1.54, 1.807) is 23.0 Å². The smallest absolute Gasteiger partial charge is 0.275 e. The third-order valence-corrected chi connectivity index (χ3v) is 3.95. The van der Waals surface area contributed by atoms with Crippen LogP contribution in [0, 0.1) is 0 Å². The van der Waals surface area contributed by atoms with Gasteiger partial charge in [0.2, 0.25) is 5.91 Å². The van der Waals surface area contributed by atoms with Crippen molar-refractivity contribution in [3.8, 4) is 0 Å². The van der Waals surface area contributed by atoms with E-state index in [1.807, 2.05) is 32.0 Å².